The van der Waals surface area contributed by atoms with Crippen molar-refractivity contribution in [2.45, 2.75) is 75.9 Å². The van der Waals surface area contributed by atoms with Crippen LogP contribution in [0.25, 0.3) is 0 Å². The molecule has 2 aromatic carbocycles. The molecule has 0 saturated heterocycles. The first-order valence-electron chi connectivity index (χ1n) is 14.9. The Morgan fingerprint density at radius 3 is 2.39 bits per heavy atom. The van der Waals surface area contributed by atoms with Crippen molar-refractivity contribution in [3.05, 3.63) is 81.5 Å². The molecule has 0 radical (unpaired) electrons. The van der Waals surface area contributed by atoms with E-state index in [0.717, 1.165) is 30.0 Å². The van der Waals surface area contributed by atoms with Crippen LogP contribution >= 0.6 is 23.2 Å². The lowest BCUT2D eigenvalue weighted by Gasteiger charge is -2.53. The largest absolute Gasteiger partial charge is 0.481 e. The number of fused-ring (bicyclic) bond motifs is 1. The zero-order valence-electron chi connectivity index (χ0n) is 23.2. The fourth-order valence-corrected chi connectivity index (χ4v) is 7.85. The molecule has 0 aromatic heterocycles. The molecule has 1 aliphatic heterocycles. The molecule has 1 amide bonds. The Morgan fingerprint density at radius 1 is 1.00 bits per heavy atom. The van der Waals surface area contributed by atoms with Crippen LogP contribution in [0.15, 0.2) is 59.7 Å². The Labute approximate surface area is 251 Å². The molecule has 4 atom stereocenters. The number of nitrogens with one attached hydrogen (secondary N) is 1. The van der Waals surface area contributed by atoms with E-state index in [2.05, 4.69) is 34.6 Å². The molecule has 1 heterocycles. The van der Waals surface area contributed by atoms with Gasteiger partial charge in [0.15, 0.2) is 0 Å². The topological polar surface area (TPSA) is 82.0 Å². The zero-order valence-corrected chi connectivity index (χ0v) is 24.7. The summed E-state index contributed by atoms with van der Waals surface area (Å²) < 4.78 is 0. The smallest absolute Gasteiger partial charge is 0.305 e. The maximum absolute atomic E-state index is 12.6. The SMILES string of the molecule is O=C(O)CCNC(=O)c1ccc(C(C2CC2)N2C=CC(c3cc(Cl)cc(Cl)c3)=NC23CCC2CCCCC2C3)cc1. The lowest BCUT2D eigenvalue weighted by atomic mass is 9.66. The highest BCUT2D eigenvalue weighted by atomic mass is 35.5. The van der Waals surface area contributed by atoms with Gasteiger partial charge in [0, 0.05) is 33.9 Å². The van der Waals surface area contributed by atoms with Crippen molar-refractivity contribution in [2.75, 3.05) is 6.54 Å². The number of aliphatic carboxylic acids is 1. The van der Waals surface area contributed by atoms with Gasteiger partial charge in [0.05, 0.1) is 18.2 Å². The number of amides is 1. The van der Waals surface area contributed by atoms with Gasteiger partial charge in [-0.15, -0.1) is 0 Å². The van der Waals surface area contributed by atoms with Gasteiger partial charge in [0.2, 0.25) is 0 Å². The van der Waals surface area contributed by atoms with Gasteiger partial charge in [-0.2, -0.15) is 0 Å². The quantitative estimate of drug-likeness (QED) is 0.329. The molecule has 6 rings (SSSR count). The van der Waals surface area contributed by atoms with Crippen molar-refractivity contribution in [3.8, 4) is 0 Å². The highest BCUT2D eigenvalue weighted by molar-refractivity contribution is 6.35. The van der Waals surface area contributed by atoms with Gasteiger partial charge in [-0.25, -0.2) is 0 Å². The molecule has 3 fully saturated rings. The first-order chi connectivity index (χ1) is 19.8. The summed E-state index contributed by atoms with van der Waals surface area (Å²) in [6.07, 6.45) is 15.1. The number of carboxylic acid groups (broad SMARTS) is 1. The summed E-state index contributed by atoms with van der Waals surface area (Å²) in [5, 5.41) is 12.8. The lowest BCUT2D eigenvalue weighted by Crippen LogP contribution is -2.53. The molecular weight excluding hydrogens is 557 g/mol. The number of hydrogen-bond acceptors (Lipinski definition) is 4. The molecule has 3 aliphatic carbocycles. The Kier molecular flexibility index (Phi) is 8.15. The number of hydrogen-bond donors (Lipinski definition) is 2. The van der Waals surface area contributed by atoms with Crippen LogP contribution in [0, 0.1) is 17.8 Å². The average Bonchev–Trinajstić information content (AvgIpc) is 3.79. The minimum atomic E-state index is -0.928. The van der Waals surface area contributed by atoms with Crippen LogP contribution in [0.3, 0.4) is 0 Å². The van der Waals surface area contributed by atoms with Gasteiger partial charge >= 0.3 is 5.97 Å². The summed E-state index contributed by atoms with van der Waals surface area (Å²) in [7, 11) is 0. The number of rotatable bonds is 8. The predicted octanol–water partition coefficient (Wildman–Crippen LogP) is 7.65. The summed E-state index contributed by atoms with van der Waals surface area (Å²) in [4.78, 5) is 31.5. The Hall–Kier alpha value is -2.83. The van der Waals surface area contributed by atoms with Crippen molar-refractivity contribution >= 4 is 40.8 Å². The minimum absolute atomic E-state index is 0.0945. The van der Waals surface area contributed by atoms with Crippen molar-refractivity contribution in [3.63, 3.8) is 0 Å². The molecule has 4 aliphatic rings. The zero-order chi connectivity index (χ0) is 28.6. The first kappa shape index (κ1) is 28.3. The first-order valence-corrected chi connectivity index (χ1v) is 15.7. The van der Waals surface area contributed by atoms with Crippen LogP contribution < -0.4 is 5.32 Å². The van der Waals surface area contributed by atoms with E-state index >= 15 is 0 Å². The van der Waals surface area contributed by atoms with Gasteiger partial charge in [-0.3, -0.25) is 14.6 Å². The summed E-state index contributed by atoms with van der Waals surface area (Å²) in [6, 6.07) is 13.7. The third kappa shape index (κ3) is 6.19. The lowest BCUT2D eigenvalue weighted by molar-refractivity contribution is -0.136. The van der Waals surface area contributed by atoms with Crippen LogP contribution in [0.2, 0.25) is 10.0 Å². The molecule has 2 N–H and O–H groups in total. The van der Waals surface area contributed by atoms with Gasteiger partial charge in [-0.1, -0.05) is 61.0 Å². The predicted molar refractivity (Wildman–Crippen MR) is 163 cm³/mol. The second-order valence-corrected chi connectivity index (χ2v) is 13.1. The van der Waals surface area contributed by atoms with Crippen LogP contribution in [0.5, 0.6) is 0 Å². The molecule has 0 bridgehead atoms. The molecule has 1 spiro atoms. The minimum Gasteiger partial charge on any atom is -0.481 e. The van der Waals surface area contributed by atoms with Crippen LogP contribution in [0.4, 0.5) is 0 Å². The van der Waals surface area contributed by atoms with E-state index in [9.17, 15) is 9.59 Å². The van der Waals surface area contributed by atoms with E-state index in [1.807, 2.05) is 24.3 Å². The number of benzene rings is 2. The third-order valence-corrected chi connectivity index (χ3v) is 9.88. The maximum atomic E-state index is 12.6. The molecular formula is C33H37Cl2N3O3. The number of halogens is 2. The monoisotopic (exact) mass is 593 g/mol. The molecule has 216 valence electrons. The van der Waals surface area contributed by atoms with Gasteiger partial charge in [0.25, 0.3) is 5.91 Å². The number of aliphatic imine (C=N–C) groups is 1. The number of nitrogens with zero attached hydrogens (tertiary/aromatic N) is 2. The number of carbonyl (C=O) groups excluding carboxylic acids is 1. The van der Waals surface area contributed by atoms with Crippen molar-refractivity contribution < 1.29 is 14.7 Å². The highest BCUT2D eigenvalue weighted by Gasteiger charge is 2.50. The normalized spacial score (nSPS) is 26.3. The Bertz CT molecular complexity index is 1350. The molecule has 3 saturated carbocycles. The van der Waals surface area contributed by atoms with Gasteiger partial charge in [-0.05, 0) is 91.8 Å². The molecule has 41 heavy (non-hydrogen) atoms. The Balaban J connectivity index is 1.32. The molecule has 4 unspecified atom stereocenters. The van der Waals surface area contributed by atoms with Crippen LogP contribution in [-0.4, -0.2) is 39.8 Å². The number of carboxylic acids is 1. The summed E-state index contributed by atoms with van der Waals surface area (Å²) >= 11 is 12.8. The highest BCUT2D eigenvalue weighted by Crippen LogP contribution is 2.54. The fraction of sp³-hybridized carbons (Fsp3) is 0.485. The average molecular weight is 595 g/mol. The standard InChI is InChI=1S/C33H37Cl2N3O3/c34-27-17-26(18-28(35)19-27)29-13-16-38(33(37-29)14-11-21-3-1-2-4-25(21)20-33)31(22-5-6-22)23-7-9-24(10-8-23)32(41)36-15-12-30(39)40/h7-10,13,16-19,21-22,25,31H,1-6,11-12,14-15,20H2,(H,36,41)(H,39,40). The molecule has 8 heteroatoms. The van der Waals surface area contributed by atoms with E-state index in [-0.39, 0.29) is 30.6 Å². The van der Waals surface area contributed by atoms with Crippen LogP contribution in [-0.2, 0) is 4.79 Å². The maximum Gasteiger partial charge on any atom is 0.305 e. The Morgan fingerprint density at radius 2 is 1.71 bits per heavy atom. The van der Waals surface area contributed by atoms with Crippen molar-refractivity contribution in [1.29, 1.82) is 0 Å². The van der Waals surface area contributed by atoms with E-state index in [1.54, 1.807) is 6.07 Å². The fourth-order valence-electron chi connectivity index (χ4n) is 7.32. The number of carbonyl (C=O) groups is 2. The molecule has 2 aromatic rings. The van der Waals surface area contributed by atoms with E-state index in [0.29, 0.717) is 27.4 Å². The van der Waals surface area contributed by atoms with E-state index in [4.69, 9.17) is 33.3 Å². The third-order valence-electron chi connectivity index (χ3n) is 9.44. The second kappa shape index (κ2) is 11.8. The number of allylic oxidation sites excluding steroid dienone is 1. The van der Waals surface area contributed by atoms with Crippen molar-refractivity contribution in [2.24, 2.45) is 22.7 Å². The molecule has 6 nitrogen and oxygen atoms in total. The van der Waals surface area contributed by atoms with E-state index in [1.165, 1.54) is 50.5 Å². The van der Waals surface area contributed by atoms with Crippen LogP contribution in [0.1, 0.15) is 91.7 Å². The summed E-state index contributed by atoms with van der Waals surface area (Å²) in [6.45, 7) is 0.113. The van der Waals surface area contributed by atoms with E-state index < -0.39 is 5.97 Å². The van der Waals surface area contributed by atoms with Crippen molar-refractivity contribution in [1.82, 2.24) is 10.2 Å². The summed E-state index contributed by atoms with van der Waals surface area (Å²) in [5.74, 6) is 0.826. The summed E-state index contributed by atoms with van der Waals surface area (Å²) in [5.41, 5.74) is 3.28. The second-order valence-electron chi connectivity index (χ2n) is 12.2. The van der Waals surface area contributed by atoms with Gasteiger partial charge in [0.1, 0.15) is 5.66 Å². The van der Waals surface area contributed by atoms with Gasteiger partial charge < -0.3 is 15.3 Å².